The van der Waals surface area contributed by atoms with Gasteiger partial charge >= 0.3 is 0 Å². The molecule has 0 aromatic carbocycles. The molecule has 0 spiro atoms. The van der Waals surface area contributed by atoms with Crippen molar-refractivity contribution in [3.63, 3.8) is 0 Å². The lowest BCUT2D eigenvalue weighted by molar-refractivity contribution is 0.243. The zero-order valence-electron chi connectivity index (χ0n) is 7.61. The van der Waals surface area contributed by atoms with E-state index >= 15 is 0 Å². The lowest BCUT2D eigenvalue weighted by Crippen LogP contribution is -2.14. The van der Waals surface area contributed by atoms with E-state index in [1.165, 1.54) is 32.1 Å². The Bertz CT molecular complexity index is 93.1. The molecule has 0 heteroatoms. The first-order valence-electron chi connectivity index (χ1n) is 4.58. The Kier molecular flexibility index (Phi) is 2.38. The first-order chi connectivity index (χ1) is 4.58. The second-order valence-electron chi connectivity index (χ2n) is 4.90. The molecule has 0 aliphatic heterocycles. The van der Waals surface area contributed by atoms with E-state index in [1.807, 2.05) is 0 Å². The van der Waals surface area contributed by atoms with Gasteiger partial charge in [-0.25, -0.2) is 0 Å². The van der Waals surface area contributed by atoms with Gasteiger partial charge in [-0.3, -0.25) is 0 Å². The standard InChI is InChI=1S/C10H20/c1-10(2,3)8-7-9-5-4-6-9/h9H,4-8H2,1-3H3. The summed E-state index contributed by atoms with van der Waals surface area (Å²) in [6.07, 6.45) is 7.40. The molecule has 60 valence electrons. The second kappa shape index (κ2) is 2.94. The maximum Gasteiger partial charge on any atom is -0.0383 e. The van der Waals surface area contributed by atoms with Gasteiger partial charge in [0.2, 0.25) is 0 Å². The molecule has 1 aliphatic carbocycles. The van der Waals surface area contributed by atoms with Crippen molar-refractivity contribution in [3.05, 3.63) is 0 Å². The molecule has 0 amide bonds. The Labute approximate surface area is 65.0 Å². The zero-order valence-corrected chi connectivity index (χ0v) is 7.61. The Balaban J connectivity index is 2.04. The molecule has 10 heavy (non-hydrogen) atoms. The number of rotatable bonds is 2. The molecule has 0 saturated heterocycles. The molecule has 1 fully saturated rings. The molecular weight excluding hydrogens is 120 g/mol. The summed E-state index contributed by atoms with van der Waals surface area (Å²) in [6, 6.07) is 0. The summed E-state index contributed by atoms with van der Waals surface area (Å²) in [5.41, 5.74) is 0.565. The average molecular weight is 140 g/mol. The molecule has 1 rings (SSSR count). The van der Waals surface area contributed by atoms with E-state index < -0.39 is 0 Å². The zero-order chi connectivity index (χ0) is 7.61. The van der Waals surface area contributed by atoms with Crippen LogP contribution in [0, 0.1) is 11.3 Å². The third kappa shape index (κ3) is 2.72. The van der Waals surface area contributed by atoms with E-state index in [2.05, 4.69) is 20.8 Å². The Morgan fingerprint density at radius 1 is 1.20 bits per heavy atom. The van der Waals surface area contributed by atoms with Gasteiger partial charge in [-0.2, -0.15) is 0 Å². The first-order valence-corrected chi connectivity index (χ1v) is 4.58. The maximum atomic E-state index is 2.34. The molecule has 0 heterocycles. The molecular formula is C10H20. The van der Waals surface area contributed by atoms with Gasteiger partial charge in [0, 0.05) is 0 Å². The van der Waals surface area contributed by atoms with Crippen LogP contribution in [-0.4, -0.2) is 0 Å². The van der Waals surface area contributed by atoms with Crippen LogP contribution >= 0.6 is 0 Å². The van der Waals surface area contributed by atoms with Crippen LogP contribution in [0.3, 0.4) is 0 Å². The largest absolute Gasteiger partial charge is 0.0602 e. The van der Waals surface area contributed by atoms with Crippen molar-refractivity contribution < 1.29 is 0 Å². The van der Waals surface area contributed by atoms with E-state index in [9.17, 15) is 0 Å². The SMILES string of the molecule is CC(C)(C)CCC1CCC1. The van der Waals surface area contributed by atoms with Gasteiger partial charge in [-0.05, 0) is 24.2 Å². The lowest BCUT2D eigenvalue weighted by atomic mass is 9.78. The van der Waals surface area contributed by atoms with Gasteiger partial charge in [0.15, 0.2) is 0 Å². The quantitative estimate of drug-likeness (QED) is 0.549. The minimum atomic E-state index is 0.565. The van der Waals surface area contributed by atoms with Gasteiger partial charge in [0.05, 0.1) is 0 Å². The van der Waals surface area contributed by atoms with Crippen molar-refractivity contribution in [2.75, 3.05) is 0 Å². The molecule has 0 radical (unpaired) electrons. The molecule has 0 aromatic rings. The van der Waals surface area contributed by atoms with Gasteiger partial charge in [0.1, 0.15) is 0 Å². The monoisotopic (exact) mass is 140 g/mol. The van der Waals surface area contributed by atoms with E-state index in [0.29, 0.717) is 5.41 Å². The first kappa shape index (κ1) is 8.10. The van der Waals surface area contributed by atoms with Crippen LogP contribution in [0.1, 0.15) is 52.9 Å². The van der Waals surface area contributed by atoms with Crippen molar-refractivity contribution in [3.8, 4) is 0 Å². The van der Waals surface area contributed by atoms with Crippen LogP contribution in [0.15, 0.2) is 0 Å². The van der Waals surface area contributed by atoms with Gasteiger partial charge < -0.3 is 0 Å². The van der Waals surface area contributed by atoms with E-state index in [-0.39, 0.29) is 0 Å². The predicted octanol–water partition coefficient (Wildman–Crippen LogP) is 3.61. The second-order valence-corrected chi connectivity index (χ2v) is 4.90. The summed E-state index contributed by atoms with van der Waals surface area (Å²) < 4.78 is 0. The predicted molar refractivity (Wildman–Crippen MR) is 46.0 cm³/mol. The van der Waals surface area contributed by atoms with Crippen LogP contribution in [0.2, 0.25) is 0 Å². The molecule has 0 nitrogen and oxygen atoms in total. The normalized spacial score (nSPS) is 20.7. The molecule has 0 aromatic heterocycles. The van der Waals surface area contributed by atoms with Gasteiger partial charge in [-0.15, -0.1) is 0 Å². The minimum absolute atomic E-state index is 0.565. The smallest absolute Gasteiger partial charge is 0.0383 e. The fourth-order valence-electron chi connectivity index (χ4n) is 1.42. The average Bonchev–Trinajstić information content (AvgIpc) is 1.56. The van der Waals surface area contributed by atoms with E-state index in [0.717, 1.165) is 5.92 Å². The van der Waals surface area contributed by atoms with Crippen molar-refractivity contribution in [2.24, 2.45) is 11.3 Å². The summed E-state index contributed by atoms with van der Waals surface area (Å²) in [4.78, 5) is 0. The lowest BCUT2D eigenvalue weighted by Gasteiger charge is -2.28. The van der Waals surface area contributed by atoms with Gasteiger partial charge in [0.25, 0.3) is 0 Å². The molecule has 0 N–H and O–H groups in total. The third-order valence-corrected chi connectivity index (χ3v) is 2.53. The summed E-state index contributed by atoms with van der Waals surface area (Å²) in [7, 11) is 0. The molecule has 1 aliphatic rings. The van der Waals surface area contributed by atoms with Crippen LogP contribution < -0.4 is 0 Å². The summed E-state index contributed by atoms with van der Waals surface area (Å²) in [5, 5.41) is 0. The Morgan fingerprint density at radius 2 is 1.80 bits per heavy atom. The Hall–Kier alpha value is 0. The van der Waals surface area contributed by atoms with Crippen molar-refractivity contribution in [2.45, 2.75) is 52.9 Å². The molecule has 0 atom stereocenters. The molecule has 0 unspecified atom stereocenters. The number of hydrogen-bond acceptors (Lipinski definition) is 0. The van der Waals surface area contributed by atoms with Crippen molar-refractivity contribution in [1.82, 2.24) is 0 Å². The topological polar surface area (TPSA) is 0 Å². The molecule has 1 saturated carbocycles. The number of hydrogen-bond donors (Lipinski definition) is 0. The van der Waals surface area contributed by atoms with Crippen LogP contribution in [0.4, 0.5) is 0 Å². The fourth-order valence-corrected chi connectivity index (χ4v) is 1.42. The van der Waals surface area contributed by atoms with E-state index in [1.54, 1.807) is 0 Å². The van der Waals surface area contributed by atoms with Gasteiger partial charge in [-0.1, -0.05) is 40.0 Å². The highest BCUT2D eigenvalue weighted by molar-refractivity contribution is 4.72. The Morgan fingerprint density at radius 3 is 2.10 bits per heavy atom. The van der Waals surface area contributed by atoms with Crippen molar-refractivity contribution >= 4 is 0 Å². The minimum Gasteiger partial charge on any atom is -0.0602 e. The highest BCUT2D eigenvalue weighted by Gasteiger charge is 2.19. The van der Waals surface area contributed by atoms with Crippen LogP contribution in [0.25, 0.3) is 0 Å². The van der Waals surface area contributed by atoms with Crippen molar-refractivity contribution in [1.29, 1.82) is 0 Å². The maximum absolute atomic E-state index is 2.34. The highest BCUT2D eigenvalue weighted by atomic mass is 14.3. The third-order valence-electron chi connectivity index (χ3n) is 2.53. The van der Waals surface area contributed by atoms with E-state index in [4.69, 9.17) is 0 Å². The summed E-state index contributed by atoms with van der Waals surface area (Å²) >= 11 is 0. The highest BCUT2D eigenvalue weighted by Crippen LogP contribution is 2.34. The fraction of sp³-hybridized carbons (Fsp3) is 1.00. The van der Waals surface area contributed by atoms with Crippen LogP contribution in [0.5, 0.6) is 0 Å². The summed E-state index contributed by atoms with van der Waals surface area (Å²) in [5.74, 6) is 1.10. The van der Waals surface area contributed by atoms with Crippen LogP contribution in [-0.2, 0) is 0 Å². The molecule has 0 bridgehead atoms. The summed E-state index contributed by atoms with van der Waals surface area (Å²) in [6.45, 7) is 7.02.